The number of benzene rings is 2. The summed E-state index contributed by atoms with van der Waals surface area (Å²) in [4.78, 5) is 30.7. The third kappa shape index (κ3) is 4.67. The van der Waals surface area contributed by atoms with Gasteiger partial charge in [0.05, 0.1) is 10.9 Å². The highest BCUT2D eigenvalue weighted by molar-refractivity contribution is 5.77. The van der Waals surface area contributed by atoms with Crippen molar-refractivity contribution in [3.63, 3.8) is 0 Å². The summed E-state index contributed by atoms with van der Waals surface area (Å²) in [5.41, 5.74) is 2.05. The summed E-state index contributed by atoms with van der Waals surface area (Å²) in [6.45, 7) is 11.1. The van der Waals surface area contributed by atoms with Gasteiger partial charge in [-0.1, -0.05) is 76.2 Å². The van der Waals surface area contributed by atoms with E-state index < -0.39 is 0 Å². The number of aromatic nitrogens is 4. The third-order valence-corrected chi connectivity index (χ3v) is 5.83. The normalized spacial score (nSPS) is 12.1. The molecule has 0 fully saturated rings. The first kappa shape index (κ1) is 22.7. The van der Waals surface area contributed by atoms with E-state index in [1.807, 2.05) is 18.2 Å². The molecule has 0 aliphatic carbocycles. The van der Waals surface area contributed by atoms with E-state index in [1.165, 1.54) is 14.7 Å². The monoisotopic (exact) mass is 446 g/mol. The zero-order chi connectivity index (χ0) is 23.8. The van der Waals surface area contributed by atoms with Gasteiger partial charge in [0.1, 0.15) is 6.54 Å². The van der Waals surface area contributed by atoms with E-state index in [9.17, 15) is 9.59 Å². The summed E-state index contributed by atoms with van der Waals surface area (Å²) in [6.07, 6.45) is 0.739. The van der Waals surface area contributed by atoms with Crippen LogP contribution in [0.1, 0.15) is 52.5 Å². The van der Waals surface area contributed by atoms with Crippen molar-refractivity contribution in [3.05, 3.63) is 80.8 Å². The molecule has 7 heteroatoms. The molecular formula is C26H30N4O3. The summed E-state index contributed by atoms with van der Waals surface area (Å²) in [5.74, 6) is 1.15. The fourth-order valence-corrected chi connectivity index (χ4v) is 3.80. The van der Waals surface area contributed by atoms with Gasteiger partial charge < -0.3 is 4.52 Å². The maximum absolute atomic E-state index is 13.3. The average molecular weight is 447 g/mol. The quantitative estimate of drug-likeness (QED) is 0.432. The van der Waals surface area contributed by atoms with Crippen molar-refractivity contribution in [1.82, 2.24) is 19.3 Å². The van der Waals surface area contributed by atoms with Crippen LogP contribution in [0, 0.1) is 5.92 Å². The van der Waals surface area contributed by atoms with Gasteiger partial charge in [-0.2, -0.15) is 4.98 Å². The fourth-order valence-electron chi connectivity index (χ4n) is 3.80. The molecule has 4 rings (SSSR count). The number of para-hydroxylation sites is 1. The highest BCUT2D eigenvalue weighted by Crippen LogP contribution is 2.25. The van der Waals surface area contributed by atoms with Gasteiger partial charge in [-0.3, -0.25) is 13.9 Å². The van der Waals surface area contributed by atoms with Crippen molar-refractivity contribution in [2.24, 2.45) is 5.92 Å². The zero-order valence-electron chi connectivity index (χ0n) is 19.8. The van der Waals surface area contributed by atoms with Crippen LogP contribution in [0.4, 0.5) is 0 Å². The van der Waals surface area contributed by atoms with E-state index >= 15 is 0 Å². The molecule has 0 aliphatic rings. The Bertz CT molecular complexity index is 1390. The van der Waals surface area contributed by atoms with Crippen LogP contribution in [0.5, 0.6) is 0 Å². The minimum Gasteiger partial charge on any atom is -0.337 e. The Morgan fingerprint density at radius 2 is 1.67 bits per heavy atom. The van der Waals surface area contributed by atoms with E-state index in [1.54, 1.807) is 18.2 Å². The smallest absolute Gasteiger partial charge is 0.331 e. The van der Waals surface area contributed by atoms with Gasteiger partial charge in [0.2, 0.25) is 11.7 Å². The Balaban J connectivity index is 1.71. The number of hydrogen-bond acceptors (Lipinski definition) is 5. The highest BCUT2D eigenvalue weighted by atomic mass is 16.5. The molecule has 4 aromatic rings. The molecular weight excluding hydrogens is 416 g/mol. The van der Waals surface area contributed by atoms with Gasteiger partial charge in [-0.15, -0.1) is 0 Å². The Labute approximate surface area is 192 Å². The molecule has 33 heavy (non-hydrogen) atoms. The van der Waals surface area contributed by atoms with Crippen LogP contribution in [0.25, 0.3) is 22.3 Å². The lowest BCUT2D eigenvalue weighted by atomic mass is 9.87. The molecule has 0 aliphatic heterocycles. The lowest BCUT2D eigenvalue weighted by Gasteiger charge is -2.18. The molecule has 0 unspecified atom stereocenters. The van der Waals surface area contributed by atoms with Crippen molar-refractivity contribution in [3.8, 4) is 11.4 Å². The second kappa shape index (κ2) is 8.81. The largest absolute Gasteiger partial charge is 0.337 e. The standard InChI is InChI=1S/C26H30N4O3/c1-17(2)14-15-29-24(31)20-8-6-7-9-21(20)30(25(29)32)16-22-27-23(28-33-22)18-10-12-19(13-11-18)26(3,4)5/h6-13,17H,14-16H2,1-5H3. The predicted octanol–water partition coefficient (Wildman–Crippen LogP) is 4.61. The van der Waals surface area contributed by atoms with E-state index in [2.05, 4.69) is 56.9 Å². The first-order valence-electron chi connectivity index (χ1n) is 11.3. The molecule has 2 aromatic heterocycles. The SMILES string of the molecule is CC(C)CCn1c(=O)c2ccccc2n(Cc2nc(-c3ccc(C(C)(C)C)cc3)no2)c1=O. The molecule has 7 nitrogen and oxygen atoms in total. The predicted molar refractivity (Wildman–Crippen MR) is 129 cm³/mol. The van der Waals surface area contributed by atoms with Crippen LogP contribution in [-0.4, -0.2) is 19.3 Å². The molecule has 0 saturated heterocycles. The molecule has 172 valence electrons. The molecule has 0 amide bonds. The molecule has 2 heterocycles. The van der Waals surface area contributed by atoms with Gasteiger partial charge in [-0.05, 0) is 35.4 Å². The Hall–Kier alpha value is -3.48. The van der Waals surface area contributed by atoms with Crippen LogP contribution < -0.4 is 11.2 Å². The zero-order valence-corrected chi connectivity index (χ0v) is 19.8. The summed E-state index contributed by atoms with van der Waals surface area (Å²) >= 11 is 0. The number of nitrogens with zero attached hydrogens (tertiary/aromatic N) is 4. The molecule has 0 atom stereocenters. The van der Waals surface area contributed by atoms with Crippen molar-refractivity contribution in [2.75, 3.05) is 0 Å². The van der Waals surface area contributed by atoms with Gasteiger partial charge in [0, 0.05) is 12.1 Å². The summed E-state index contributed by atoms with van der Waals surface area (Å²) in [6, 6.07) is 15.2. The fraction of sp³-hybridized carbons (Fsp3) is 0.385. The van der Waals surface area contributed by atoms with Crippen LogP contribution in [0.15, 0.2) is 62.6 Å². The van der Waals surface area contributed by atoms with E-state index in [4.69, 9.17) is 4.52 Å². The molecule has 0 saturated carbocycles. The number of hydrogen-bond donors (Lipinski definition) is 0. The first-order valence-corrected chi connectivity index (χ1v) is 11.3. The van der Waals surface area contributed by atoms with Crippen molar-refractivity contribution in [1.29, 1.82) is 0 Å². The first-order chi connectivity index (χ1) is 15.6. The minimum atomic E-state index is -0.367. The summed E-state index contributed by atoms with van der Waals surface area (Å²) in [5, 5.41) is 4.61. The second-order valence-corrected chi connectivity index (χ2v) is 9.86. The second-order valence-electron chi connectivity index (χ2n) is 9.86. The lowest BCUT2D eigenvalue weighted by Crippen LogP contribution is -2.40. The molecule has 0 N–H and O–H groups in total. The van der Waals surface area contributed by atoms with Gasteiger partial charge in [0.15, 0.2) is 0 Å². The van der Waals surface area contributed by atoms with Crippen LogP contribution in [0.3, 0.4) is 0 Å². The maximum atomic E-state index is 13.3. The van der Waals surface area contributed by atoms with Crippen molar-refractivity contribution in [2.45, 2.75) is 59.5 Å². The topological polar surface area (TPSA) is 82.9 Å². The Morgan fingerprint density at radius 3 is 2.33 bits per heavy atom. The molecule has 0 bridgehead atoms. The summed E-state index contributed by atoms with van der Waals surface area (Å²) < 4.78 is 8.33. The van der Waals surface area contributed by atoms with Gasteiger partial charge >= 0.3 is 5.69 Å². The number of rotatable bonds is 6. The highest BCUT2D eigenvalue weighted by Gasteiger charge is 2.17. The molecule has 2 aromatic carbocycles. The third-order valence-electron chi connectivity index (χ3n) is 5.83. The van der Waals surface area contributed by atoms with Crippen LogP contribution >= 0.6 is 0 Å². The average Bonchev–Trinajstić information content (AvgIpc) is 3.24. The number of fused-ring (bicyclic) bond motifs is 1. The van der Waals surface area contributed by atoms with E-state index in [-0.39, 0.29) is 23.2 Å². The minimum absolute atomic E-state index is 0.0574. The van der Waals surface area contributed by atoms with Gasteiger partial charge in [0.25, 0.3) is 5.56 Å². The summed E-state index contributed by atoms with van der Waals surface area (Å²) in [7, 11) is 0. The lowest BCUT2D eigenvalue weighted by molar-refractivity contribution is 0.368. The molecule has 0 spiro atoms. The van der Waals surface area contributed by atoms with E-state index in [0.29, 0.717) is 35.1 Å². The van der Waals surface area contributed by atoms with E-state index in [0.717, 1.165) is 12.0 Å². The van der Waals surface area contributed by atoms with Crippen LogP contribution in [0.2, 0.25) is 0 Å². The Morgan fingerprint density at radius 1 is 0.970 bits per heavy atom. The molecule has 0 radical (unpaired) electrons. The Kier molecular flexibility index (Phi) is 6.06. The van der Waals surface area contributed by atoms with Crippen molar-refractivity contribution < 1.29 is 4.52 Å². The van der Waals surface area contributed by atoms with Crippen molar-refractivity contribution >= 4 is 10.9 Å². The van der Waals surface area contributed by atoms with Crippen LogP contribution in [-0.2, 0) is 18.5 Å². The van der Waals surface area contributed by atoms with Gasteiger partial charge in [-0.25, -0.2) is 4.79 Å². The maximum Gasteiger partial charge on any atom is 0.331 e.